The summed E-state index contributed by atoms with van der Waals surface area (Å²) in [5.74, 6) is -1.71. The molecule has 0 unspecified atom stereocenters. The second-order valence-corrected chi connectivity index (χ2v) is 8.06. The molecule has 0 aliphatic rings. The number of carbonyl (C=O) groups excluding carboxylic acids is 4. The zero-order valence-corrected chi connectivity index (χ0v) is 19.4. The molecule has 8 nitrogen and oxygen atoms in total. The van der Waals surface area contributed by atoms with Crippen LogP contribution in [0.4, 0.5) is 11.4 Å². The maximum Gasteiger partial charge on any atom is 0.338 e. The van der Waals surface area contributed by atoms with Gasteiger partial charge in [0.1, 0.15) is 0 Å². The Bertz CT molecular complexity index is 942. The second kappa shape index (κ2) is 12.6. The fraction of sp³-hybridized carbons (Fsp3) is 0.304. The van der Waals surface area contributed by atoms with Crippen LogP contribution in [0.2, 0.25) is 0 Å². The summed E-state index contributed by atoms with van der Waals surface area (Å²) in [6.07, 6.45) is 0.183. The molecule has 32 heavy (non-hydrogen) atoms. The quantitative estimate of drug-likeness (QED) is 0.466. The molecular formula is C23H25BrN2O6. The Morgan fingerprint density at radius 2 is 1.41 bits per heavy atom. The smallest absolute Gasteiger partial charge is 0.338 e. The van der Waals surface area contributed by atoms with Crippen LogP contribution in [0.3, 0.4) is 0 Å². The van der Waals surface area contributed by atoms with Crippen LogP contribution >= 0.6 is 15.9 Å². The van der Waals surface area contributed by atoms with Gasteiger partial charge >= 0.3 is 11.9 Å². The SMILES string of the molecule is CC(C)OC(=O)c1ccc(NC(=O)CCCC(=O)OCC(=O)Nc2ccc(Br)cc2)cc1. The third-order valence-electron chi connectivity index (χ3n) is 4.02. The van der Waals surface area contributed by atoms with Crippen molar-refractivity contribution >= 4 is 51.1 Å². The zero-order valence-electron chi connectivity index (χ0n) is 17.9. The van der Waals surface area contributed by atoms with Crippen molar-refractivity contribution in [2.45, 2.75) is 39.2 Å². The summed E-state index contributed by atoms with van der Waals surface area (Å²) >= 11 is 3.30. The monoisotopic (exact) mass is 504 g/mol. The fourth-order valence-electron chi connectivity index (χ4n) is 2.54. The molecule has 170 valence electrons. The molecule has 2 aromatic rings. The van der Waals surface area contributed by atoms with E-state index in [0.29, 0.717) is 16.9 Å². The minimum Gasteiger partial charge on any atom is -0.459 e. The van der Waals surface area contributed by atoms with Crippen LogP contribution in [0.1, 0.15) is 43.5 Å². The van der Waals surface area contributed by atoms with Crippen LogP contribution in [0, 0.1) is 0 Å². The number of halogens is 1. The van der Waals surface area contributed by atoms with E-state index in [9.17, 15) is 19.2 Å². The lowest BCUT2D eigenvalue weighted by molar-refractivity contribution is -0.147. The van der Waals surface area contributed by atoms with E-state index in [1.54, 1.807) is 62.4 Å². The van der Waals surface area contributed by atoms with Gasteiger partial charge in [0.15, 0.2) is 6.61 Å². The van der Waals surface area contributed by atoms with Crippen LogP contribution < -0.4 is 10.6 Å². The van der Waals surface area contributed by atoms with Crippen LogP contribution in [-0.2, 0) is 23.9 Å². The van der Waals surface area contributed by atoms with E-state index in [2.05, 4.69) is 26.6 Å². The Morgan fingerprint density at radius 3 is 2.00 bits per heavy atom. The molecule has 2 N–H and O–H groups in total. The van der Waals surface area contributed by atoms with Crippen LogP contribution in [0.15, 0.2) is 53.0 Å². The number of hydrogen-bond acceptors (Lipinski definition) is 6. The number of nitrogens with one attached hydrogen (secondary N) is 2. The van der Waals surface area contributed by atoms with Gasteiger partial charge in [-0.25, -0.2) is 4.79 Å². The largest absolute Gasteiger partial charge is 0.459 e. The molecule has 2 aromatic carbocycles. The Morgan fingerprint density at radius 1 is 0.844 bits per heavy atom. The molecule has 2 amide bonds. The van der Waals surface area contributed by atoms with E-state index in [-0.39, 0.29) is 31.3 Å². The average molecular weight is 505 g/mol. The Balaban J connectivity index is 1.64. The first kappa shape index (κ1) is 25.1. The summed E-state index contributed by atoms with van der Waals surface area (Å²) in [7, 11) is 0. The topological polar surface area (TPSA) is 111 Å². The summed E-state index contributed by atoms with van der Waals surface area (Å²) in [6, 6.07) is 13.3. The summed E-state index contributed by atoms with van der Waals surface area (Å²) in [5, 5.41) is 5.31. The Hall–Kier alpha value is -3.20. The van der Waals surface area contributed by atoms with E-state index in [0.717, 1.165) is 4.47 Å². The third kappa shape index (κ3) is 9.30. The second-order valence-electron chi connectivity index (χ2n) is 7.15. The zero-order chi connectivity index (χ0) is 23.5. The Kier molecular flexibility index (Phi) is 9.87. The molecule has 0 atom stereocenters. The number of hydrogen-bond donors (Lipinski definition) is 2. The summed E-state index contributed by atoms with van der Waals surface area (Å²) < 4.78 is 10.9. The molecule has 0 aliphatic heterocycles. The van der Waals surface area contributed by atoms with Gasteiger partial charge in [-0.2, -0.15) is 0 Å². The molecule has 9 heteroatoms. The average Bonchev–Trinajstić information content (AvgIpc) is 2.74. The van der Waals surface area contributed by atoms with Gasteiger partial charge in [-0.1, -0.05) is 15.9 Å². The number of amides is 2. The molecule has 0 aliphatic carbocycles. The highest BCUT2D eigenvalue weighted by atomic mass is 79.9. The third-order valence-corrected chi connectivity index (χ3v) is 4.55. The van der Waals surface area contributed by atoms with Gasteiger partial charge in [0.05, 0.1) is 11.7 Å². The maximum absolute atomic E-state index is 12.0. The van der Waals surface area contributed by atoms with E-state index >= 15 is 0 Å². The number of anilines is 2. The first-order chi connectivity index (χ1) is 15.2. The van der Waals surface area contributed by atoms with E-state index in [1.165, 1.54) is 0 Å². The Labute approximate surface area is 194 Å². The molecule has 0 aromatic heterocycles. The molecule has 0 radical (unpaired) electrons. The fourth-order valence-corrected chi connectivity index (χ4v) is 2.80. The lowest BCUT2D eigenvalue weighted by Crippen LogP contribution is -2.21. The van der Waals surface area contributed by atoms with Crippen molar-refractivity contribution in [2.24, 2.45) is 0 Å². The van der Waals surface area contributed by atoms with Crippen molar-refractivity contribution in [3.63, 3.8) is 0 Å². The van der Waals surface area contributed by atoms with Gasteiger partial charge in [0.25, 0.3) is 5.91 Å². The van der Waals surface area contributed by atoms with E-state index in [4.69, 9.17) is 9.47 Å². The van der Waals surface area contributed by atoms with E-state index in [1.807, 2.05) is 0 Å². The standard InChI is InChI=1S/C23H25BrN2O6/c1-15(2)32-23(30)16-6-10-18(11-7-16)25-20(27)4-3-5-22(29)31-14-21(28)26-19-12-8-17(24)9-13-19/h6-13,15H,3-5,14H2,1-2H3,(H,25,27)(H,26,28). The predicted octanol–water partition coefficient (Wildman–Crippen LogP) is 4.31. The molecule has 0 heterocycles. The molecule has 0 saturated heterocycles. The molecule has 0 spiro atoms. The highest BCUT2D eigenvalue weighted by Gasteiger charge is 2.11. The minimum atomic E-state index is -0.559. The molecule has 2 rings (SSSR count). The van der Waals surface area contributed by atoms with Gasteiger partial charge in [0, 0.05) is 28.7 Å². The van der Waals surface area contributed by atoms with Gasteiger partial charge < -0.3 is 20.1 Å². The first-order valence-electron chi connectivity index (χ1n) is 10.0. The van der Waals surface area contributed by atoms with Crippen LogP contribution in [-0.4, -0.2) is 36.5 Å². The van der Waals surface area contributed by atoms with Gasteiger partial charge in [-0.15, -0.1) is 0 Å². The van der Waals surface area contributed by atoms with Crippen molar-refractivity contribution in [1.29, 1.82) is 0 Å². The number of esters is 2. The van der Waals surface area contributed by atoms with Gasteiger partial charge in [0.2, 0.25) is 5.91 Å². The normalized spacial score (nSPS) is 10.4. The predicted molar refractivity (Wildman–Crippen MR) is 123 cm³/mol. The number of benzene rings is 2. The summed E-state index contributed by atoms with van der Waals surface area (Å²) in [4.78, 5) is 47.4. The van der Waals surface area contributed by atoms with Crippen molar-refractivity contribution in [2.75, 3.05) is 17.2 Å². The number of ether oxygens (including phenoxy) is 2. The van der Waals surface area contributed by atoms with Gasteiger partial charge in [-0.05, 0) is 68.8 Å². The highest BCUT2D eigenvalue weighted by Crippen LogP contribution is 2.14. The molecule has 0 saturated carbocycles. The van der Waals surface area contributed by atoms with E-state index < -0.39 is 24.5 Å². The van der Waals surface area contributed by atoms with Crippen molar-refractivity contribution < 1.29 is 28.7 Å². The minimum absolute atomic E-state index is 0.0129. The molecule has 0 fully saturated rings. The van der Waals surface area contributed by atoms with Crippen molar-refractivity contribution in [3.8, 4) is 0 Å². The lowest BCUT2D eigenvalue weighted by Gasteiger charge is -2.09. The maximum atomic E-state index is 12.0. The summed E-state index contributed by atoms with van der Waals surface area (Å²) in [6.45, 7) is 3.13. The first-order valence-corrected chi connectivity index (χ1v) is 10.8. The lowest BCUT2D eigenvalue weighted by atomic mass is 10.2. The van der Waals surface area contributed by atoms with Crippen LogP contribution in [0.25, 0.3) is 0 Å². The summed E-state index contributed by atoms with van der Waals surface area (Å²) in [5.41, 5.74) is 1.52. The van der Waals surface area contributed by atoms with Crippen molar-refractivity contribution in [3.05, 3.63) is 58.6 Å². The molecular weight excluding hydrogens is 480 g/mol. The number of rotatable bonds is 10. The molecule has 0 bridgehead atoms. The van der Waals surface area contributed by atoms with Gasteiger partial charge in [-0.3, -0.25) is 14.4 Å². The number of carbonyl (C=O) groups is 4. The highest BCUT2D eigenvalue weighted by molar-refractivity contribution is 9.10. The van der Waals surface area contributed by atoms with Crippen molar-refractivity contribution in [1.82, 2.24) is 0 Å². The van der Waals surface area contributed by atoms with Crippen LogP contribution in [0.5, 0.6) is 0 Å².